The van der Waals surface area contributed by atoms with Gasteiger partial charge in [-0.2, -0.15) is 0 Å². The van der Waals surface area contributed by atoms with Crippen LogP contribution >= 0.6 is 0 Å². The Kier molecular flexibility index (Phi) is 5.28. The molecule has 4 aliphatic rings. The molecule has 0 bridgehead atoms. The van der Waals surface area contributed by atoms with Crippen molar-refractivity contribution < 1.29 is 9.90 Å². The molecule has 0 heterocycles. The summed E-state index contributed by atoms with van der Waals surface area (Å²) in [5, 5.41) is 10.2. The number of fused-ring (bicyclic) bond motifs is 5. The highest BCUT2D eigenvalue weighted by Crippen LogP contribution is 2.67. The zero-order valence-electron chi connectivity index (χ0n) is 18.2. The number of carbonyl (C=O) groups is 1. The summed E-state index contributed by atoms with van der Waals surface area (Å²) in [7, 11) is 0. The summed E-state index contributed by atoms with van der Waals surface area (Å²) in [6, 6.07) is 0. The SMILES string of the molecule is CC(C)C(=O)CC[C@H]1CCC2C3CC[C@H]4C[C@@H](O)CC[C@]4(C)C3CC[C@@]21C. The van der Waals surface area contributed by atoms with E-state index >= 15 is 0 Å². The van der Waals surface area contributed by atoms with E-state index in [0.717, 1.165) is 55.3 Å². The Hall–Kier alpha value is -0.370. The monoisotopic (exact) mass is 374 g/mol. The first-order chi connectivity index (χ1) is 12.8. The van der Waals surface area contributed by atoms with E-state index in [2.05, 4.69) is 13.8 Å². The Morgan fingerprint density at radius 1 is 0.963 bits per heavy atom. The highest BCUT2D eigenvalue weighted by Gasteiger charge is 2.59. The normalized spacial score (nSPS) is 49.4. The minimum absolute atomic E-state index is 0.0390. The van der Waals surface area contributed by atoms with Crippen LogP contribution in [-0.2, 0) is 4.79 Å². The van der Waals surface area contributed by atoms with Gasteiger partial charge in [0, 0.05) is 12.3 Å². The largest absolute Gasteiger partial charge is 0.393 e. The van der Waals surface area contributed by atoms with Crippen molar-refractivity contribution in [2.75, 3.05) is 0 Å². The first kappa shape index (κ1) is 19.9. The molecular weight excluding hydrogens is 332 g/mol. The van der Waals surface area contributed by atoms with E-state index < -0.39 is 0 Å². The maximum atomic E-state index is 12.2. The molecule has 0 amide bonds. The first-order valence-electron chi connectivity index (χ1n) is 12.0. The van der Waals surface area contributed by atoms with Gasteiger partial charge in [-0.05, 0) is 105 Å². The van der Waals surface area contributed by atoms with Gasteiger partial charge in [0.1, 0.15) is 5.78 Å². The van der Waals surface area contributed by atoms with Crippen LogP contribution in [0.5, 0.6) is 0 Å². The molecule has 2 nitrogen and oxygen atoms in total. The highest BCUT2D eigenvalue weighted by molar-refractivity contribution is 5.80. The average molecular weight is 375 g/mol. The van der Waals surface area contributed by atoms with Crippen molar-refractivity contribution in [3.8, 4) is 0 Å². The van der Waals surface area contributed by atoms with Gasteiger partial charge in [-0.15, -0.1) is 0 Å². The molecule has 0 aromatic carbocycles. The van der Waals surface area contributed by atoms with Crippen LogP contribution < -0.4 is 0 Å². The van der Waals surface area contributed by atoms with E-state index in [0.29, 0.717) is 16.6 Å². The lowest BCUT2D eigenvalue weighted by Gasteiger charge is -2.61. The Labute approximate surface area is 166 Å². The summed E-state index contributed by atoms with van der Waals surface area (Å²) in [4.78, 5) is 12.2. The summed E-state index contributed by atoms with van der Waals surface area (Å²) in [5.74, 6) is 4.87. The maximum Gasteiger partial charge on any atom is 0.135 e. The highest BCUT2D eigenvalue weighted by atomic mass is 16.3. The van der Waals surface area contributed by atoms with Crippen LogP contribution in [0.1, 0.15) is 98.3 Å². The lowest BCUT2D eigenvalue weighted by molar-refractivity contribution is -0.128. The first-order valence-corrected chi connectivity index (χ1v) is 12.0. The van der Waals surface area contributed by atoms with Crippen molar-refractivity contribution in [1.29, 1.82) is 0 Å². The van der Waals surface area contributed by atoms with Crippen LogP contribution in [-0.4, -0.2) is 17.0 Å². The van der Waals surface area contributed by atoms with Crippen LogP contribution in [0, 0.1) is 46.3 Å². The fourth-order valence-electron chi connectivity index (χ4n) is 8.42. The second-order valence-corrected chi connectivity index (χ2v) is 11.6. The van der Waals surface area contributed by atoms with E-state index in [4.69, 9.17) is 0 Å². The molecule has 0 spiro atoms. The maximum absolute atomic E-state index is 12.2. The molecule has 4 saturated carbocycles. The van der Waals surface area contributed by atoms with E-state index in [1.165, 1.54) is 44.9 Å². The van der Waals surface area contributed by atoms with Gasteiger partial charge in [-0.1, -0.05) is 27.7 Å². The van der Waals surface area contributed by atoms with Crippen LogP contribution in [0.25, 0.3) is 0 Å². The van der Waals surface area contributed by atoms with Crippen LogP contribution in [0.3, 0.4) is 0 Å². The topological polar surface area (TPSA) is 37.3 Å². The number of carbonyl (C=O) groups excluding carboxylic acids is 1. The molecule has 154 valence electrons. The summed E-state index contributed by atoms with van der Waals surface area (Å²) >= 11 is 0. The summed E-state index contributed by atoms with van der Waals surface area (Å²) < 4.78 is 0. The van der Waals surface area contributed by atoms with Crippen LogP contribution in [0.15, 0.2) is 0 Å². The Balaban J connectivity index is 1.48. The Morgan fingerprint density at radius 3 is 2.41 bits per heavy atom. The number of rotatable bonds is 4. The second-order valence-electron chi connectivity index (χ2n) is 11.6. The van der Waals surface area contributed by atoms with Crippen molar-refractivity contribution in [1.82, 2.24) is 0 Å². The number of aliphatic hydroxyl groups is 1. The van der Waals surface area contributed by atoms with Gasteiger partial charge in [0.15, 0.2) is 0 Å². The van der Waals surface area contributed by atoms with E-state index in [1.807, 2.05) is 13.8 Å². The summed E-state index contributed by atoms with van der Waals surface area (Å²) in [6.07, 6.45) is 13.5. The molecule has 27 heavy (non-hydrogen) atoms. The molecule has 4 aliphatic carbocycles. The molecule has 4 fully saturated rings. The predicted octanol–water partition coefficient (Wildman–Crippen LogP) is 6.01. The Morgan fingerprint density at radius 2 is 1.67 bits per heavy atom. The van der Waals surface area contributed by atoms with Gasteiger partial charge < -0.3 is 5.11 Å². The third-order valence-corrected chi connectivity index (χ3v) is 10.2. The van der Waals surface area contributed by atoms with Crippen molar-refractivity contribution in [2.24, 2.45) is 46.3 Å². The molecule has 1 N–H and O–H groups in total. The smallest absolute Gasteiger partial charge is 0.135 e. The van der Waals surface area contributed by atoms with E-state index in [-0.39, 0.29) is 12.0 Å². The third-order valence-electron chi connectivity index (χ3n) is 10.2. The fraction of sp³-hybridized carbons (Fsp3) is 0.960. The average Bonchev–Trinajstić information content (AvgIpc) is 2.96. The van der Waals surface area contributed by atoms with Crippen molar-refractivity contribution in [2.45, 2.75) is 104 Å². The van der Waals surface area contributed by atoms with Crippen molar-refractivity contribution in [3.05, 3.63) is 0 Å². The van der Waals surface area contributed by atoms with E-state index in [9.17, 15) is 9.90 Å². The minimum Gasteiger partial charge on any atom is -0.393 e. The molecule has 0 saturated heterocycles. The van der Waals surface area contributed by atoms with Gasteiger partial charge in [0.25, 0.3) is 0 Å². The molecule has 0 radical (unpaired) electrons. The quantitative estimate of drug-likeness (QED) is 0.654. The molecule has 3 unspecified atom stereocenters. The van der Waals surface area contributed by atoms with Gasteiger partial charge in [0.2, 0.25) is 0 Å². The van der Waals surface area contributed by atoms with Crippen LogP contribution in [0.2, 0.25) is 0 Å². The number of Topliss-reactive ketones (excluding diaryl/α,β-unsaturated/α-hetero) is 1. The van der Waals surface area contributed by atoms with Crippen LogP contribution in [0.4, 0.5) is 0 Å². The van der Waals surface area contributed by atoms with Crippen molar-refractivity contribution in [3.63, 3.8) is 0 Å². The minimum atomic E-state index is -0.0390. The number of hydrogen-bond donors (Lipinski definition) is 1. The molecule has 0 aromatic heterocycles. The standard InChI is InChI=1S/C25H42O2/c1-16(2)23(27)10-7-17-6-9-21-20-8-5-18-15-19(26)11-13-25(18,4)22(20)12-14-24(17,21)3/h16-22,26H,5-15H2,1-4H3/t17-,18+,19+,20?,21?,22?,24-,25+/m1/s1. The van der Waals surface area contributed by atoms with Crippen molar-refractivity contribution >= 4 is 5.78 Å². The third kappa shape index (κ3) is 3.22. The molecule has 2 heteroatoms. The zero-order chi connectivity index (χ0) is 19.4. The molecule has 8 atom stereocenters. The lowest BCUT2D eigenvalue weighted by Crippen LogP contribution is -2.53. The lowest BCUT2D eigenvalue weighted by atomic mass is 9.44. The van der Waals surface area contributed by atoms with E-state index in [1.54, 1.807) is 0 Å². The number of aliphatic hydroxyl groups excluding tert-OH is 1. The van der Waals surface area contributed by atoms with Gasteiger partial charge in [-0.25, -0.2) is 0 Å². The van der Waals surface area contributed by atoms with Gasteiger partial charge >= 0.3 is 0 Å². The summed E-state index contributed by atoms with van der Waals surface area (Å²) in [5.41, 5.74) is 0.963. The van der Waals surface area contributed by atoms with Gasteiger partial charge in [0.05, 0.1) is 6.10 Å². The zero-order valence-corrected chi connectivity index (χ0v) is 18.2. The second kappa shape index (κ2) is 7.15. The molecule has 0 aromatic rings. The fourth-order valence-corrected chi connectivity index (χ4v) is 8.42. The number of hydrogen-bond acceptors (Lipinski definition) is 2. The molecule has 0 aliphatic heterocycles. The predicted molar refractivity (Wildman–Crippen MR) is 110 cm³/mol. The molecule has 4 rings (SSSR count). The summed E-state index contributed by atoms with van der Waals surface area (Å²) in [6.45, 7) is 9.27. The van der Waals surface area contributed by atoms with Gasteiger partial charge in [-0.3, -0.25) is 4.79 Å². The number of ketones is 1. The molecular formula is C25H42O2. The Bertz CT molecular complexity index is 569.